The normalized spacial score (nSPS) is 10.3. The molecule has 19 heavy (non-hydrogen) atoms. The van der Waals surface area contributed by atoms with Crippen molar-refractivity contribution in [3.8, 4) is 11.5 Å². The Morgan fingerprint density at radius 1 is 1.11 bits per heavy atom. The van der Waals surface area contributed by atoms with Crippen LogP contribution in [0.2, 0.25) is 10.0 Å². The molecule has 0 aliphatic rings. The van der Waals surface area contributed by atoms with E-state index in [0.29, 0.717) is 27.1 Å². The van der Waals surface area contributed by atoms with Gasteiger partial charge in [0.1, 0.15) is 17.3 Å². The average molecular weight is 295 g/mol. The second kappa shape index (κ2) is 5.51. The molecule has 0 atom stereocenters. The number of benzene rings is 2. The lowest BCUT2D eigenvalue weighted by atomic mass is 10.1. The maximum absolute atomic E-state index is 7.38. The number of ether oxygens (including phenoxy) is 1. The van der Waals surface area contributed by atoms with Crippen molar-refractivity contribution < 1.29 is 4.74 Å². The number of aryl methyl sites for hydroxylation is 1. The highest BCUT2D eigenvalue weighted by atomic mass is 35.5. The molecule has 0 radical (unpaired) electrons. The van der Waals surface area contributed by atoms with Gasteiger partial charge in [0, 0.05) is 16.7 Å². The summed E-state index contributed by atoms with van der Waals surface area (Å²) in [6.45, 7) is 1.88. The lowest BCUT2D eigenvalue weighted by Gasteiger charge is -2.11. The molecule has 0 saturated carbocycles. The van der Waals surface area contributed by atoms with Gasteiger partial charge in [-0.25, -0.2) is 0 Å². The van der Waals surface area contributed by atoms with Crippen LogP contribution in [0.5, 0.6) is 11.5 Å². The minimum absolute atomic E-state index is 0.0236. The van der Waals surface area contributed by atoms with E-state index in [9.17, 15) is 0 Å². The van der Waals surface area contributed by atoms with Crippen molar-refractivity contribution in [2.75, 3.05) is 0 Å². The highest BCUT2D eigenvalue weighted by molar-refractivity contribution is 6.34. The summed E-state index contributed by atoms with van der Waals surface area (Å²) in [5.41, 5.74) is 6.95. The van der Waals surface area contributed by atoms with Crippen LogP contribution >= 0.6 is 23.2 Å². The number of amidine groups is 1. The Labute approximate surface area is 121 Å². The van der Waals surface area contributed by atoms with Crippen molar-refractivity contribution in [1.82, 2.24) is 0 Å². The summed E-state index contributed by atoms with van der Waals surface area (Å²) in [7, 11) is 0. The summed E-state index contributed by atoms with van der Waals surface area (Å²) in [5.74, 6) is 1.16. The van der Waals surface area contributed by atoms with Gasteiger partial charge in [0.15, 0.2) is 0 Å². The number of nitrogens with two attached hydrogens (primary N) is 1. The van der Waals surface area contributed by atoms with E-state index in [-0.39, 0.29) is 5.84 Å². The molecule has 3 N–H and O–H groups in total. The number of nitrogen functional groups attached to an aromatic ring is 1. The van der Waals surface area contributed by atoms with Crippen LogP contribution in [0.4, 0.5) is 0 Å². The lowest BCUT2D eigenvalue weighted by molar-refractivity contribution is 0.479. The maximum Gasteiger partial charge on any atom is 0.147 e. The second-order valence-electron chi connectivity index (χ2n) is 4.07. The van der Waals surface area contributed by atoms with E-state index in [1.807, 2.05) is 6.92 Å². The third-order valence-electron chi connectivity index (χ3n) is 2.60. The van der Waals surface area contributed by atoms with E-state index in [1.165, 1.54) is 0 Å². The third kappa shape index (κ3) is 3.19. The summed E-state index contributed by atoms with van der Waals surface area (Å²) in [4.78, 5) is 0. The molecule has 2 rings (SSSR count). The van der Waals surface area contributed by atoms with Crippen molar-refractivity contribution in [1.29, 1.82) is 5.41 Å². The van der Waals surface area contributed by atoms with Crippen molar-refractivity contribution in [3.05, 3.63) is 57.6 Å². The van der Waals surface area contributed by atoms with Crippen molar-refractivity contribution in [2.45, 2.75) is 6.92 Å². The monoisotopic (exact) mass is 294 g/mol. The van der Waals surface area contributed by atoms with Gasteiger partial charge in [-0.1, -0.05) is 23.2 Å². The van der Waals surface area contributed by atoms with E-state index in [1.54, 1.807) is 36.4 Å². The fourth-order valence-electron chi connectivity index (χ4n) is 1.61. The van der Waals surface area contributed by atoms with E-state index >= 15 is 0 Å². The Hall–Kier alpha value is -1.71. The number of halogens is 2. The molecule has 0 fully saturated rings. The maximum atomic E-state index is 7.38. The molecule has 0 unspecified atom stereocenters. The van der Waals surface area contributed by atoms with Crippen LogP contribution in [0.25, 0.3) is 0 Å². The van der Waals surface area contributed by atoms with Gasteiger partial charge in [0.05, 0.1) is 5.02 Å². The largest absolute Gasteiger partial charge is 0.455 e. The molecule has 5 heteroatoms. The number of nitrogens with one attached hydrogen (secondary N) is 1. The van der Waals surface area contributed by atoms with E-state index in [4.69, 9.17) is 39.1 Å². The van der Waals surface area contributed by atoms with Crippen LogP contribution in [-0.4, -0.2) is 5.84 Å². The van der Waals surface area contributed by atoms with E-state index < -0.39 is 0 Å². The number of hydrogen-bond donors (Lipinski definition) is 2. The molecule has 0 spiro atoms. The molecule has 0 aliphatic carbocycles. The van der Waals surface area contributed by atoms with Crippen LogP contribution < -0.4 is 10.5 Å². The van der Waals surface area contributed by atoms with Crippen LogP contribution in [0, 0.1) is 12.3 Å². The van der Waals surface area contributed by atoms with Crippen molar-refractivity contribution in [3.63, 3.8) is 0 Å². The molecule has 0 bridgehead atoms. The minimum Gasteiger partial charge on any atom is -0.455 e. The third-order valence-corrected chi connectivity index (χ3v) is 3.15. The predicted octanol–water partition coefficient (Wildman–Crippen LogP) is 4.38. The molecule has 0 saturated heterocycles. The molecule has 2 aromatic carbocycles. The Balaban J connectivity index is 2.33. The topological polar surface area (TPSA) is 59.1 Å². The Bertz CT molecular complexity index is 641. The van der Waals surface area contributed by atoms with Crippen LogP contribution in [0.15, 0.2) is 36.4 Å². The van der Waals surface area contributed by atoms with Gasteiger partial charge >= 0.3 is 0 Å². The smallest absolute Gasteiger partial charge is 0.147 e. The zero-order chi connectivity index (χ0) is 14.0. The Morgan fingerprint density at radius 3 is 2.47 bits per heavy atom. The molecule has 3 nitrogen and oxygen atoms in total. The first-order chi connectivity index (χ1) is 8.97. The zero-order valence-electron chi connectivity index (χ0n) is 10.2. The molecule has 0 aromatic heterocycles. The quantitative estimate of drug-likeness (QED) is 0.652. The average Bonchev–Trinajstić information content (AvgIpc) is 2.36. The Morgan fingerprint density at radius 2 is 1.84 bits per heavy atom. The summed E-state index contributed by atoms with van der Waals surface area (Å²) in [6.07, 6.45) is 0. The first-order valence-electron chi connectivity index (χ1n) is 5.55. The highest BCUT2D eigenvalue weighted by Crippen LogP contribution is 2.33. The summed E-state index contributed by atoms with van der Waals surface area (Å²) in [5, 5.41) is 8.42. The van der Waals surface area contributed by atoms with Gasteiger partial charge in [-0.2, -0.15) is 0 Å². The van der Waals surface area contributed by atoms with Crippen molar-refractivity contribution in [2.24, 2.45) is 5.73 Å². The molecule has 0 aliphatic heterocycles. The van der Waals surface area contributed by atoms with Crippen LogP contribution in [-0.2, 0) is 0 Å². The fraction of sp³-hybridized carbons (Fsp3) is 0.0714. The van der Waals surface area contributed by atoms with Gasteiger partial charge in [0.25, 0.3) is 0 Å². The van der Waals surface area contributed by atoms with E-state index in [0.717, 1.165) is 5.56 Å². The number of rotatable bonds is 3. The van der Waals surface area contributed by atoms with Gasteiger partial charge in [-0.3, -0.25) is 5.41 Å². The van der Waals surface area contributed by atoms with Crippen LogP contribution in [0.3, 0.4) is 0 Å². The van der Waals surface area contributed by atoms with Gasteiger partial charge in [-0.15, -0.1) is 0 Å². The Kier molecular flexibility index (Phi) is 3.98. The van der Waals surface area contributed by atoms with Crippen molar-refractivity contribution >= 4 is 29.0 Å². The standard InChI is InChI=1S/C14H12Cl2N2O/c1-8-6-9(14(17)18)2-5-12(8)19-13-7-10(15)3-4-11(13)16/h2-7H,1H3,(H3,17,18). The SMILES string of the molecule is Cc1cc(C(=N)N)ccc1Oc1cc(Cl)ccc1Cl. The molecule has 98 valence electrons. The van der Waals surface area contributed by atoms with Crippen LogP contribution in [0.1, 0.15) is 11.1 Å². The first kappa shape index (κ1) is 13.7. The molecule has 2 aromatic rings. The van der Waals surface area contributed by atoms with Gasteiger partial charge in [-0.05, 0) is 42.8 Å². The molecule has 0 amide bonds. The highest BCUT2D eigenvalue weighted by Gasteiger charge is 2.08. The first-order valence-corrected chi connectivity index (χ1v) is 6.31. The fourth-order valence-corrected chi connectivity index (χ4v) is 1.92. The van der Waals surface area contributed by atoms with Gasteiger partial charge < -0.3 is 10.5 Å². The lowest BCUT2D eigenvalue weighted by Crippen LogP contribution is -2.11. The molecular formula is C14H12Cl2N2O. The summed E-state index contributed by atoms with van der Waals surface area (Å²) < 4.78 is 5.73. The second-order valence-corrected chi connectivity index (χ2v) is 4.91. The van der Waals surface area contributed by atoms with E-state index in [2.05, 4.69) is 0 Å². The molecular weight excluding hydrogens is 283 g/mol. The minimum atomic E-state index is 0.0236. The molecule has 0 heterocycles. The number of hydrogen-bond acceptors (Lipinski definition) is 2. The summed E-state index contributed by atoms with van der Waals surface area (Å²) >= 11 is 11.9. The summed E-state index contributed by atoms with van der Waals surface area (Å²) in [6, 6.07) is 10.3. The van der Waals surface area contributed by atoms with Gasteiger partial charge in [0.2, 0.25) is 0 Å². The zero-order valence-corrected chi connectivity index (χ0v) is 11.7. The predicted molar refractivity (Wildman–Crippen MR) is 78.7 cm³/mol.